The fraction of sp³-hybridized carbons (Fsp3) is 0.526. The maximum Gasteiger partial charge on any atom is 0.410 e. The second-order valence-electron chi connectivity index (χ2n) is 8.38. The smallest absolute Gasteiger partial charge is 0.410 e. The van der Waals surface area contributed by atoms with Gasteiger partial charge >= 0.3 is 6.09 Å². The number of anilines is 1. The third kappa shape index (κ3) is 4.01. The number of carbonyl (C=O) groups is 1. The highest BCUT2D eigenvalue weighted by Crippen LogP contribution is 2.38. The standard InChI is InChI=1S/C19H20BrClFIN4O2/c1-19(2,3)29-18(28)27-9-4-5-10(27)8-26(7-9)16-11-6-12(23)13(20)14(22)15(11)24-17(21)25-16/h6,9-10H,4-5,7-8H2,1-3H3/t9-,10+. The van der Waals surface area contributed by atoms with Crippen molar-refractivity contribution in [2.75, 3.05) is 18.0 Å². The molecule has 1 aromatic carbocycles. The molecule has 2 atom stereocenters. The Hall–Kier alpha value is -0.940. The number of fused-ring (bicyclic) bond motifs is 3. The Labute approximate surface area is 195 Å². The first-order valence-electron chi connectivity index (χ1n) is 9.32. The molecule has 0 saturated carbocycles. The summed E-state index contributed by atoms with van der Waals surface area (Å²) >= 11 is 11.5. The predicted molar refractivity (Wildman–Crippen MR) is 122 cm³/mol. The van der Waals surface area contributed by atoms with Crippen molar-refractivity contribution in [3.63, 3.8) is 0 Å². The number of carbonyl (C=O) groups excluding carboxylic acids is 1. The van der Waals surface area contributed by atoms with Crippen LogP contribution in [0, 0.1) is 9.39 Å². The van der Waals surface area contributed by atoms with Gasteiger partial charge in [0.25, 0.3) is 0 Å². The van der Waals surface area contributed by atoms with E-state index in [1.807, 2.05) is 31.7 Å². The van der Waals surface area contributed by atoms with E-state index < -0.39 is 11.4 Å². The molecule has 0 N–H and O–H groups in total. The summed E-state index contributed by atoms with van der Waals surface area (Å²) in [5.74, 6) is 0.151. The van der Waals surface area contributed by atoms with E-state index >= 15 is 0 Å². The van der Waals surface area contributed by atoms with E-state index in [2.05, 4.69) is 53.4 Å². The van der Waals surface area contributed by atoms with E-state index in [9.17, 15) is 9.18 Å². The first-order chi connectivity index (χ1) is 13.5. The average Bonchev–Trinajstić information content (AvgIpc) is 2.89. The van der Waals surface area contributed by atoms with Crippen molar-refractivity contribution in [3.05, 3.63) is 25.2 Å². The normalized spacial score (nSPS) is 21.8. The largest absolute Gasteiger partial charge is 0.444 e. The number of piperazine rings is 1. The van der Waals surface area contributed by atoms with Crippen LogP contribution in [0.5, 0.6) is 0 Å². The van der Waals surface area contributed by atoms with Crippen molar-refractivity contribution >= 4 is 72.9 Å². The Morgan fingerprint density at radius 2 is 1.93 bits per heavy atom. The van der Waals surface area contributed by atoms with Crippen LogP contribution >= 0.6 is 50.1 Å². The highest BCUT2D eigenvalue weighted by atomic mass is 127. The molecule has 0 aliphatic carbocycles. The molecule has 10 heteroatoms. The number of halogens is 4. The number of ether oxygens (including phenoxy) is 1. The van der Waals surface area contributed by atoms with Gasteiger partial charge in [0, 0.05) is 22.0 Å². The number of hydrogen-bond acceptors (Lipinski definition) is 5. The Kier molecular flexibility index (Phi) is 5.61. The van der Waals surface area contributed by atoms with Gasteiger partial charge in [0.1, 0.15) is 16.9 Å². The number of rotatable bonds is 1. The molecule has 0 radical (unpaired) electrons. The van der Waals surface area contributed by atoms with E-state index in [1.54, 1.807) is 0 Å². The minimum Gasteiger partial charge on any atom is -0.444 e. The zero-order valence-electron chi connectivity index (χ0n) is 16.2. The summed E-state index contributed by atoms with van der Waals surface area (Å²) in [4.78, 5) is 25.2. The monoisotopic (exact) mass is 596 g/mol. The van der Waals surface area contributed by atoms with Gasteiger partial charge in [-0.15, -0.1) is 0 Å². The lowest BCUT2D eigenvalue weighted by atomic mass is 10.1. The van der Waals surface area contributed by atoms with Crippen molar-refractivity contribution in [2.24, 2.45) is 0 Å². The molecule has 2 aromatic rings. The summed E-state index contributed by atoms with van der Waals surface area (Å²) in [6.45, 7) is 6.78. The summed E-state index contributed by atoms with van der Waals surface area (Å²) in [6.07, 6.45) is 1.52. The topological polar surface area (TPSA) is 58.6 Å². The molecule has 2 aliphatic heterocycles. The van der Waals surface area contributed by atoms with Crippen LogP contribution in [0.1, 0.15) is 33.6 Å². The van der Waals surface area contributed by atoms with Gasteiger partial charge in [-0.25, -0.2) is 14.2 Å². The van der Waals surface area contributed by atoms with Crippen molar-refractivity contribution in [3.8, 4) is 0 Å². The third-order valence-corrected chi connectivity index (χ3v) is 7.70. The molecule has 1 aromatic heterocycles. The molecule has 6 nitrogen and oxygen atoms in total. The van der Waals surface area contributed by atoms with Crippen LogP contribution in [0.3, 0.4) is 0 Å². The Bertz CT molecular complexity index is 989. The molecule has 2 saturated heterocycles. The summed E-state index contributed by atoms with van der Waals surface area (Å²) in [5, 5.41) is 0.617. The van der Waals surface area contributed by atoms with Gasteiger partial charge in [-0.05, 0) is 89.8 Å². The lowest BCUT2D eigenvalue weighted by Crippen LogP contribution is -2.57. The lowest BCUT2D eigenvalue weighted by molar-refractivity contribution is 0.0123. The highest BCUT2D eigenvalue weighted by molar-refractivity contribution is 14.1. The van der Waals surface area contributed by atoms with E-state index in [4.69, 9.17) is 16.3 Å². The fourth-order valence-electron chi connectivity index (χ4n) is 4.06. The van der Waals surface area contributed by atoms with Crippen LogP contribution in [0.2, 0.25) is 5.28 Å². The van der Waals surface area contributed by atoms with Gasteiger partial charge in [0.15, 0.2) is 5.82 Å². The second-order valence-corrected chi connectivity index (χ2v) is 10.7. The molecular formula is C19H20BrClFIN4O2. The van der Waals surface area contributed by atoms with Crippen LogP contribution in [-0.4, -0.2) is 51.7 Å². The summed E-state index contributed by atoms with van der Waals surface area (Å²) in [7, 11) is 0. The molecule has 4 rings (SSSR count). The van der Waals surface area contributed by atoms with Crippen LogP contribution in [0.4, 0.5) is 15.0 Å². The number of amides is 1. The Balaban J connectivity index is 1.68. The minimum atomic E-state index is -0.536. The second kappa shape index (κ2) is 7.64. The third-order valence-electron chi connectivity index (χ3n) is 5.17. The number of benzene rings is 1. The van der Waals surface area contributed by atoms with E-state index in [1.165, 1.54) is 0 Å². The zero-order valence-corrected chi connectivity index (χ0v) is 20.7. The SMILES string of the molecule is CC(C)(C)OC(=O)N1[C@@H]2CC[C@H]1CN(c1nc(Cl)nc3c(F)c(Br)c(I)cc13)C2. The average molecular weight is 598 g/mol. The summed E-state index contributed by atoms with van der Waals surface area (Å²) < 4.78 is 21.5. The molecule has 2 bridgehead atoms. The van der Waals surface area contributed by atoms with Crippen LogP contribution in [-0.2, 0) is 4.74 Å². The van der Waals surface area contributed by atoms with Gasteiger partial charge in [0.2, 0.25) is 5.28 Å². The maximum atomic E-state index is 14.8. The number of aromatic nitrogens is 2. The zero-order chi connectivity index (χ0) is 21.1. The molecule has 1 amide bonds. The first kappa shape index (κ1) is 21.3. The molecule has 2 fully saturated rings. The molecular weight excluding hydrogens is 577 g/mol. The molecule has 29 heavy (non-hydrogen) atoms. The van der Waals surface area contributed by atoms with Crippen LogP contribution in [0.25, 0.3) is 10.9 Å². The molecule has 3 heterocycles. The van der Waals surface area contributed by atoms with E-state index in [-0.39, 0.29) is 29.0 Å². The van der Waals surface area contributed by atoms with Crippen LogP contribution < -0.4 is 4.90 Å². The predicted octanol–water partition coefficient (Wildman–Crippen LogP) is 5.38. The Morgan fingerprint density at radius 1 is 1.31 bits per heavy atom. The summed E-state index contributed by atoms with van der Waals surface area (Å²) in [5.41, 5.74) is -0.347. The van der Waals surface area contributed by atoms with E-state index in [0.29, 0.717) is 28.8 Å². The van der Waals surface area contributed by atoms with Crippen molar-refractivity contribution < 1.29 is 13.9 Å². The molecule has 0 spiro atoms. The number of nitrogens with zero attached hydrogens (tertiary/aromatic N) is 4. The molecule has 2 aliphatic rings. The Morgan fingerprint density at radius 3 is 2.52 bits per heavy atom. The van der Waals surface area contributed by atoms with Gasteiger partial charge < -0.3 is 9.64 Å². The summed E-state index contributed by atoms with van der Waals surface area (Å²) in [6, 6.07) is 1.90. The minimum absolute atomic E-state index is 0.00132. The number of hydrogen-bond donors (Lipinski definition) is 0. The van der Waals surface area contributed by atoms with Gasteiger partial charge in [0.05, 0.1) is 16.6 Å². The van der Waals surface area contributed by atoms with Gasteiger partial charge in [-0.1, -0.05) is 0 Å². The van der Waals surface area contributed by atoms with E-state index in [0.717, 1.165) is 16.4 Å². The van der Waals surface area contributed by atoms with Gasteiger partial charge in [-0.3, -0.25) is 4.90 Å². The quantitative estimate of drug-likeness (QED) is 0.251. The van der Waals surface area contributed by atoms with Crippen LogP contribution in [0.15, 0.2) is 10.5 Å². The van der Waals surface area contributed by atoms with Gasteiger partial charge in [-0.2, -0.15) is 4.98 Å². The molecule has 0 unspecified atom stereocenters. The lowest BCUT2D eigenvalue weighted by Gasteiger charge is -2.42. The first-order valence-corrected chi connectivity index (χ1v) is 11.6. The van der Waals surface area contributed by atoms with Crippen molar-refractivity contribution in [2.45, 2.75) is 51.3 Å². The highest BCUT2D eigenvalue weighted by Gasteiger charge is 2.45. The molecule has 156 valence electrons. The maximum absolute atomic E-state index is 14.8. The van der Waals surface area contributed by atoms with Crippen molar-refractivity contribution in [1.29, 1.82) is 0 Å². The fourth-order valence-corrected chi connectivity index (χ4v) is 5.07. The van der Waals surface area contributed by atoms with Crippen molar-refractivity contribution in [1.82, 2.24) is 14.9 Å².